The van der Waals surface area contributed by atoms with Gasteiger partial charge in [0.15, 0.2) is 0 Å². The average Bonchev–Trinajstić information content (AvgIpc) is 2.85. The van der Waals surface area contributed by atoms with Gasteiger partial charge in [-0.05, 0) is 13.8 Å². The van der Waals surface area contributed by atoms with Gasteiger partial charge in [0, 0.05) is 18.8 Å². The molecule has 2 aromatic rings. The summed E-state index contributed by atoms with van der Waals surface area (Å²) in [7, 11) is 0. The van der Waals surface area contributed by atoms with E-state index in [1.165, 1.54) is 0 Å². The summed E-state index contributed by atoms with van der Waals surface area (Å²) in [6.07, 6.45) is 7.34. The third-order valence-corrected chi connectivity index (χ3v) is 2.36. The first kappa shape index (κ1) is 9.92. The van der Waals surface area contributed by atoms with Crippen molar-refractivity contribution >= 4 is 0 Å². The Morgan fingerprint density at radius 1 is 1.47 bits per heavy atom. The zero-order valence-electron chi connectivity index (χ0n) is 8.96. The highest BCUT2D eigenvalue weighted by Gasteiger charge is 2.09. The molecule has 0 aliphatic heterocycles. The summed E-state index contributed by atoms with van der Waals surface area (Å²) in [5.74, 6) is 0. The van der Waals surface area contributed by atoms with Crippen LogP contribution in [-0.4, -0.2) is 19.3 Å². The first-order chi connectivity index (χ1) is 7.22. The van der Waals surface area contributed by atoms with Crippen LogP contribution in [0.4, 0.5) is 0 Å². The van der Waals surface area contributed by atoms with Gasteiger partial charge in [0.1, 0.15) is 0 Å². The molecular formula is C10H15N5. The van der Waals surface area contributed by atoms with Crippen LogP contribution in [0.25, 0.3) is 5.69 Å². The second-order valence-corrected chi connectivity index (χ2v) is 3.53. The molecule has 0 saturated carbocycles. The van der Waals surface area contributed by atoms with E-state index in [9.17, 15) is 0 Å². The fourth-order valence-electron chi connectivity index (χ4n) is 1.51. The molecule has 5 heteroatoms. The maximum atomic E-state index is 5.85. The molecular weight excluding hydrogens is 190 g/mol. The molecule has 80 valence electrons. The number of hydrogen-bond acceptors (Lipinski definition) is 3. The van der Waals surface area contributed by atoms with Crippen molar-refractivity contribution in [1.29, 1.82) is 0 Å². The van der Waals surface area contributed by atoms with Crippen LogP contribution >= 0.6 is 0 Å². The van der Waals surface area contributed by atoms with Crippen molar-refractivity contribution in [2.45, 2.75) is 26.4 Å². The maximum Gasteiger partial charge on any atom is 0.0995 e. The van der Waals surface area contributed by atoms with E-state index in [2.05, 4.69) is 17.0 Å². The largest absolute Gasteiger partial charge is 0.323 e. The molecule has 0 aromatic carbocycles. The lowest BCUT2D eigenvalue weighted by Gasteiger charge is -2.07. The highest BCUT2D eigenvalue weighted by Crippen LogP contribution is 2.14. The van der Waals surface area contributed by atoms with Crippen LogP contribution in [0.2, 0.25) is 0 Å². The molecule has 15 heavy (non-hydrogen) atoms. The van der Waals surface area contributed by atoms with Gasteiger partial charge >= 0.3 is 0 Å². The third kappa shape index (κ3) is 1.78. The lowest BCUT2D eigenvalue weighted by atomic mass is 10.2. The normalized spacial score (nSPS) is 13.0. The number of aromatic nitrogens is 4. The van der Waals surface area contributed by atoms with Crippen molar-refractivity contribution in [3.05, 3.63) is 30.6 Å². The summed E-state index contributed by atoms with van der Waals surface area (Å²) in [5, 5.41) is 4.22. The van der Waals surface area contributed by atoms with Crippen LogP contribution in [0, 0.1) is 0 Å². The van der Waals surface area contributed by atoms with Gasteiger partial charge in [0.25, 0.3) is 0 Å². The maximum absolute atomic E-state index is 5.85. The molecule has 5 nitrogen and oxygen atoms in total. The molecule has 0 bridgehead atoms. The van der Waals surface area contributed by atoms with E-state index in [-0.39, 0.29) is 6.04 Å². The quantitative estimate of drug-likeness (QED) is 0.816. The fourth-order valence-corrected chi connectivity index (χ4v) is 1.51. The van der Waals surface area contributed by atoms with Crippen LogP contribution in [0.5, 0.6) is 0 Å². The van der Waals surface area contributed by atoms with Crippen LogP contribution in [0.1, 0.15) is 25.6 Å². The van der Waals surface area contributed by atoms with Gasteiger partial charge in [-0.3, -0.25) is 9.25 Å². The molecule has 1 unspecified atom stereocenters. The molecule has 0 fully saturated rings. The van der Waals surface area contributed by atoms with Crippen molar-refractivity contribution in [3.8, 4) is 5.69 Å². The Kier molecular flexibility index (Phi) is 2.55. The summed E-state index contributed by atoms with van der Waals surface area (Å²) in [6.45, 7) is 4.86. The Bertz CT molecular complexity index is 440. The number of hydrogen-bond donors (Lipinski definition) is 1. The van der Waals surface area contributed by atoms with E-state index in [0.29, 0.717) is 0 Å². The fraction of sp³-hybridized carbons (Fsp3) is 0.400. The number of nitrogens with zero attached hydrogens (tertiary/aromatic N) is 4. The monoisotopic (exact) mass is 205 g/mol. The Morgan fingerprint density at radius 3 is 2.87 bits per heavy atom. The SMILES string of the molecule is CCn1cc(-n2cncc2C(C)N)cn1. The van der Waals surface area contributed by atoms with Gasteiger partial charge in [-0.25, -0.2) is 4.98 Å². The minimum absolute atomic E-state index is 0.0301. The minimum atomic E-state index is -0.0301. The van der Waals surface area contributed by atoms with Gasteiger partial charge in [0.05, 0.1) is 30.1 Å². The molecule has 0 spiro atoms. The molecule has 0 amide bonds. The third-order valence-electron chi connectivity index (χ3n) is 2.36. The van der Waals surface area contributed by atoms with Crippen LogP contribution in [0.15, 0.2) is 24.9 Å². The summed E-state index contributed by atoms with van der Waals surface area (Å²) < 4.78 is 3.84. The van der Waals surface area contributed by atoms with E-state index in [0.717, 1.165) is 17.9 Å². The average molecular weight is 205 g/mol. The number of imidazole rings is 1. The zero-order chi connectivity index (χ0) is 10.8. The molecule has 0 aliphatic rings. The Hall–Kier alpha value is -1.62. The van der Waals surface area contributed by atoms with Crippen LogP contribution in [-0.2, 0) is 6.54 Å². The van der Waals surface area contributed by atoms with Crippen molar-refractivity contribution in [1.82, 2.24) is 19.3 Å². The molecule has 2 aromatic heterocycles. The predicted octanol–water partition coefficient (Wildman–Crippen LogP) is 1.11. The van der Waals surface area contributed by atoms with Crippen LogP contribution < -0.4 is 5.73 Å². The van der Waals surface area contributed by atoms with E-state index >= 15 is 0 Å². The smallest absolute Gasteiger partial charge is 0.0995 e. The molecule has 1 atom stereocenters. The highest BCUT2D eigenvalue weighted by molar-refractivity contribution is 5.29. The van der Waals surface area contributed by atoms with Gasteiger partial charge < -0.3 is 5.73 Å². The Labute approximate surface area is 88.5 Å². The first-order valence-electron chi connectivity index (χ1n) is 5.03. The number of rotatable bonds is 3. The highest BCUT2D eigenvalue weighted by atomic mass is 15.3. The van der Waals surface area contributed by atoms with Crippen molar-refractivity contribution in [3.63, 3.8) is 0 Å². The zero-order valence-corrected chi connectivity index (χ0v) is 8.96. The first-order valence-corrected chi connectivity index (χ1v) is 5.03. The van der Waals surface area contributed by atoms with Gasteiger partial charge in [-0.1, -0.05) is 0 Å². The standard InChI is InChI=1S/C10H15N5/c1-3-14-6-9(4-13-14)15-7-12-5-10(15)8(2)11/h4-8H,3,11H2,1-2H3. The van der Waals surface area contributed by atoms with E-state index in [4.69, 9.17) is 5.73 Å². The van der Waals surface area contributed by atoms with E-state index < -0.39 is 0 Å². The second-order valence-electron chi connectivity index (χ2n) is 3.53. The molecule has 0 radical (unpaired) electrons. The Morgan fingerprint density at radius 2 is 2.27 bits per heavy atom. The number of nitrogens with two attached hydrogens (primary N) is 1. The minimum Gasteiger partial charge on any atom is -0.323 e. The topological polar surface area (TPSA) is 61.7 Å². The molecule has 0 aliphatic carbocycles. The molecule has 0 saturated heterocycles. The van der Waals surface area contributed by atoms with Gasteiger partial charge in [-0.15, -0.1) is 0 Å². The summed E-state index contributed by atoms with van der Waals surface area (Å²) in [4.78, 5) is 4.10. The van der Waals surface area contributed by atoms with E-state index in [1.807, 2.05) is 28.6 Å². The summed E-state index contributed by atoms with van der Waals surface area (Å²) in [5.41, 5.74) is 7.84. The summed E-state index contributed by atoms with van der Waals surface area (Å²) in [6, 6.07) is -0.0301. The summed E-state index contributed by atoms with van der Waals surface area (Å²) >= 11 is 0. The van der Waals surface area contributed by atoms with Gasteiger partial charge in [-0.2, -0.15) is 5.10 Å². The van der Waals surface area contributed by atoms with Crippen molar-refractivity contribution in [2.75, 3.05) is 0 Å². The Balaban J connectivity index is 2.40. The van der Waals surface area contributed by atoms with Crippen molar-refractivity contribution in [2.24, 2.45) is 5.73 Å². The predicted molar refractivity (Wildman–Crippen MR) is 57.6 cm³/mol. The van der Waals surface area contributed by atoms with E-state index in [1.54, 1.807) is 12.5 Å². The second kappa shape index (κ2) is 3.86. The lowest BCUT2D eigenvalue weighted by Crippen LogP contribution is -2.10. The van der Waals surface area contributed by atoms with Gasteiger partial charge in [0.2, 0.25) is 0 Å². The lowest BCUT2D eigenvalue weighted by molar-refractivity contribution is 0.659. The number of aryl methyl sites for hydroxylation is 1. The van der Waals surface area contributed by atoms with Crippen molar-refractivity contribution < 1.29 is 0 Å². The molecule has 2 rings (SSSR count). The molecule has 2 heterocycles. The van der Waals surface area contributed by atoms with Crippen LogP contribution in [0.3, 0.4) is 0 Å². The molecule has 2 N–H and O–H groups in total.